The maximum atomic E-state index is 12.1. The summed E-state index contributed by atoms with van der Waals surface area (Å²) < 4.78 is 0.976. The highest BCUT2D eigenvalue weighted by Crippen LogP contribution is 2.22. The van der Waals surface area contributed by atoms with Crippen LogP contribution in [0.15, 0.2) is 28.7 Å². The van der Waals surface area contributed by atoms with Crippen LogP contribution in [-0.2, 0) is 4.79 Å². The molecule has 0 aliphatic carbocycles. The average Bonchev–Trinajstić information content (AvgIpc) is 2.41. The van der Waals surface area contributed by atoms with Gasteiger partial charge in [-0.05, 0) is 41.9 Å². The van der Waals surface area contributed by atoms with Crippen molar-refractivity contribution in [2.75, 3.05) is 25.0 Å². The van der Waals surface area contributed by atoms with E-state index in [4.69, 9.17) is 5.73 Å². The van der Waals surface area contributed by atoms with Crippen LogP contribution in [0.4, 0.5) is 5.69 Å². The zero-order chi connectivity index (χ0) is 14.3. The fourth-order valence-corrected chi connectivity index (χ4v) is 2.31. The fourth-order valence-electron chi connectivity index (χ4n) is 1.91. The van der Waals surface area contributed by atoms with Crippen molar-refractivity contribution in [1.82, 2.24) is 4.90 Å². The van der Waals surface area contributed by atoms with Gasteiger partial charge in [-0.1, -0.05) is 12.1 Å². The third kappa shape index (κ3) is 4.84. The quantitative estimate of drug-likeness (QED) is 0.808. The molecule has 0 saturated heterocycles. The second-order valence-electron chi connectivity index (χ2n) is 4.33. The monoisotopic (exact) mass is 327 g/mol. The van der Waals surface area contributed by atoms with E-state index in [2.05, 4.69) is 21.2 Å². The Morgan fingerprint density at radius 3 is 2.53 bits per heavy atom. The highest BCUT2D eigenvalue weighted by atomic mass is 79.9. The summed E-state index contributed by atoms with van der Waals surface area (Å²) in [7, 11) is 0. The Morgan fingerprint density at radius 2 is 2.00 bits per heavy atom. The van der Waals surface area contributed by atoms with Crippen LogP contribution in [0.2, 0.25) is 0 Å². The van der Waals surface area contributed by atoms with Crippen molar-refractivity contribution in [2.24, 2.45) is 5.73 Å². The Morgan fingerprint density at radius 1 is 1.37 bits per heavy atom. The smallest absolute Gasteiger partial charge is 0.224 e. The van der Waals surface area contributed by atoms with Crippen LogP contribution in [-0.4, -0.2) is 36.5 Å². The van der Waals surface area contributed by atoms with Crippen molar-refractivity contribution in [1.29, 1.82) is 0 Å². The normalized spacial score (nSPS) is 12.0. The number of nitrogens with two attached hydrogens (primary N) is 1. The van der Waals surface area contributed by atoms with Crippen LogP contribution in [0, 0.1) is 0 Å². The molecule has 0 fully saturated rings. The lowest BCUT2D eigenvalue weighted by Gasteiger charge is -2.23. The minimum atomic E-state index is -0.0493. The molecule has 1 aromatic carbocycles. The SMILES string of the molecule is CCN(CC)C(=O)CC(CN)Nc1ccccc1Br. The van der Waals surface area contributed by atoms with Gasteiger partial charge in [0.05, 0.1) is 0 Å². The highest BCUT2D eigenvalue weighted by molar-refractivity contribution is 9.10. The molecule has 0 spiro atoms. The van der Waals surface area contributed by atoms with Gasteiger partial charge in [-0.25, -0.2) is 0 Å². The molecular weight excluding hydrogens is 306 g/mol. The average molecular weight is 328 g/mol. The lowest BCUT2D eigenvalue weighted by atomic mass is 10.1. The van der Waals surface area contributed by atoms with E-state index < -0.39 is 0 Å². The first-order chi connectivity index (χ1) is 9.12. The zero-order valence-electron chi connectivity index (χ0n) is 11.5. The van der Waals surface area contributed by atoms with E-state index in [0.29, 0.717) is 13.0 Å². The molecule has 0 aliphatic rings. The maximum Gasteiger partial charge on any atom is 0.224 e. The largest absolute Gasteiger partial charge is 0.380 e. The first-order valence-corrected chi connectivity index (χ1v) is 7.40. The van der Waals surface area contributed by atoms with Crippen LogP contribution < -0.4 is 11.1 Å². The minimum Gasteiger partial charge on any atom is -0.380 e. The van der Waals surface area contributed by atoms with Gasteiger partial charge in [0.25, 0.3) is 0 Å². The Balaban J connectivity index is 2.64. The van der Waals surface area contributed by atoms with E-state index in [1.165, 1.54) is 0 Å². The minimum absolute atomic E-state index is 0.0493. The number of anilines is 1. The molecular formula is C14H22BrN3O. The number of hydrogen-bond donors (Lipinski definition) is 2. The third-order valence-electron chi connectivity index (χ3n) is 3.06. The number of nitrogens with zero attached hydrogens (tertiary/aromatic N) is 1. The molecule has 0 heterocycles. The number of carbonyl (C=O) groups excluding carboxylic acids is 1. The molecule has 3 N–H and O–H groups in total. The number of nitrogens with one attached hydrogen (secondary N) is 1. The van der Waals surface area contributed by atoms with Crippen molar-refractivity contribution in [3.05, 3.63) is 28.7 Å². The molecule has 0 radical (unpaired) electrons. The van der Waals surface area contributed by atoms with Crippen molar-refractivity contribution in [3.8, 4) is 0 Å². The molecule has 4 nitrogen and oxygen atoms in total. The van der Waals surface area contributed by atoms with Crippen LogP contribution >= 0.6 is 15.9 Å². The predicted molar refractivity (Wildman–Crippen MR) is 83.2 cm³/mol. The number of para-hydroxylation sites is 1. The summed E-state index contributed by atoms with van der Waals surface area (Å²) in [5, 5.41) is 3.31. The summed E-state index contributed by atoms with van der Waals surface area (Å²) in [6.45, 7) is 5.87. The van der Waals surface area contributed by atoms with Gasteiger partial charge < -0.3 is 16.0 Å². The molecule has 19 heavy (non-hydrogen) atoms. The summed E-state index contributed by atoms with van der Waals surface area (Å²) in [5.41, 5.74) is 6.72. The third-order valence-corrected chi connectivity index (χ3v) is 3.75. The van der Waals surface area contributed by atoms with Crippen molar-refractivity contribution < 1.29 is 4.79 Å². The van der Waals surface area contributed by atoms with Gasteiger partial charge in [-0.3, -0.25) is 4.79 Å². The Bertz CT molecular complexity index is 407. The number of rotatable bonds is 7. The van der Waals surface area contributed by atoms with E-state index in [1.54, 1.807) is 0 Å². The van der Waals surface area contributed by atoms with Crippen molar-refractivity contribution >= 4 is 27.5 Å². The van der Waals surface area contributed by atoms with Gasteiger partial charge in [0.2, 0.25) is 5.91 Å². The topological polar surface area (TPSA) is 58.4 Å². The fraction of sp³-hybridized carbons (Fsp3) is 0.500. The van der Waals surface area contributed by atoms with Crippen LogP contribution in [0.1, 0.15) is 20.3 Å². The van der Waals surface area contributed by atoms with Crippen LogP contribution in [0.25, 0.3) is 0 Å². The Kier molecular flexibility index (Phi) is 6.87. The molecule has 1 unspecified atom stereocenters. The van der Waals surface area contributed by atoms with E-state index in [1.807, 2.05) is 43.0 Å². The van der Waals surface area contributed by atoms with Gasteiger partial charge >= 0.3 is 0 Å². The first kappa shape index (κ1) is 16.0. The molecule has 1 atom stereocenters. The molecule has 5 heteroatoms. The lowest BCUT2D eigenvalue weighted by molar-refractivity contribution is -0.131. The molecule has 1 aromatic rings. The molecule has 0 bridgehead atoms. The second-order valence-corrected chi connectivity index (χ2v) is 5.18. The Labute approximate surface area is 123 Å². The summed E-state index contributed by atoms with van der Waals surface area (Å²) in [6, 6.07) is 7.78. The van der Waals surface area contributed by atoms with Crippen LogP contribution in [0.5, 0.6) is 0 Å². The standard InChI is InChI=1S/C14H22BrN3O/c1-3-18(4-2)14(19)9-11(10-16)17-13-8-6-5-7-12(13)15/h5-8,11,17H,3-4,9-10,16H2,1-2H3. The zero-order valence-corrected chi connectivity index (χ0v) is 13.1. The van der Waals surface area contributed by atoms with E-state index in [0.717, 1.165) is 23.2 Å². The van der Waals surface area contributed by atoms with E-state index in [-0.39, 0.29) is 11.9 Å². The highest BCUT2D eigenvalue weighted by Gasteiger charge is 2.16. The summed E-state index contributed by atoms with van der Waals surface area (Å²) in [5.74, 6) is 0.139. The molecule has 1 amide bonds. The van der Waals surface area contributed by atoms with E-state index >= 15 is 0 Å². The van der Waals surface area contributed by atoms with Crippen molar-refractivity contribution in [2.45, 2.75) is 26.3 Å². The molecule has 1 rings (SSSR count). The predicted octanol–water partition coefficient (Wildman–Crippen LogP) is 2.45. The number of hydrogen-bond acceptors (Lipinski definition) is 3. The van der Waals surface area contributed by atoms with Crippen LogP contribution in [0.3, 0.4) is 0 Å². The molecule has 0 saturated carbocycles. The number of carbonyl (C=O) groups is 1. The number of amides is 1. The van der Waals surface area contributed by atoms with Gasteiger partial charge in [0.15, 0.2) is 0 Å². The van der Waals surface area contributed by atoms with Crippen molar-refractivity contribution in [3.63, 3.8) is 0 Å². The first-order valence-electron chi connectivity index (χ1n) is 6.61. The summed E-state index contributed by atoms with van der Waals surface area (Å²) >= 11 is 3.48. The lowest BCUT2D eigenvalue weighted by Crippen LogP contribution is -2.38. The second kappa shape index (κ2) is 8.17. The maximum absolute atomic E-state index is 12.1. The van der Waals surface area contributed by atoms with Gasteiger partial charge in [0.1, 0.15) is 0 Å². The summed E-state index contributed by atoms with van der Waals surface area (Å²) in [4.78, 5) is 13.9. The molecule has 106 valence electrons. The van der Waals surface area contributed by atoms with Gasteiger partial charge in [0, 0.05) is 42.3 Å². The molecule has 0 aromatic heterocycles. The van der Waals surface area contributed by atoms with Gasteiger partial charge in [-0.2, -0.15) is 0 Å². The van der Waals surface area contributed by atoms with E-state index in [9.17, 15) is 4.79 Å². The number of benzene rings is 1. The summed E-state index contributed by atoms with van der Waals surface area (Å²) in [6.07, 6.45) is 0.416. The molecule has 0 aliphatic heterocycles. The van der Waals surface area contributed by atoms with Gasteiger partial charge in [-0.15, -0.1) is 0 Å². The Hall–Kier alpha value is -1.07. The number of halogens is 1.